The lowest BCUT2D eigenvalue weighted by molar-refractivity contribution is 0.234. The summed E-state index contributed by atoms with van der Waals surface area (Å²) in [6.45, 7) is 5.40. The van der Waals surface area contributed by atoms with Crippen LogP contribution < -0.4 is 4.74 Å². The summed E-state index contributed by atoms with van der Waals surface area (Å²) in [6, 6.07) is 8.85. The van der Waals surface area contributed by atoms with Crippen molar-refractivity contribution < 1.29 is 4.74 Å². The Balaban J connectivity index is 1.25. The first-order chi connectivity index (χ1) is 16.8. The highest BCUT2D eigenvalue weighted by molar-refractivity contribution is 5.28. The van der Waals surface area contributed by atoms with Crippen molar-refractivity contribution >= 4 is 0 Å². The van der Waals surface area contributed by atoms with Gasteiger partial charge in [-0.3, -0.25) is 0 Å². The lowest BCUT2D eigenvalue weighted by Gasteiger charge is -2.30. The molecule has 1 heteroatoms. The average molecular weight is 467 g/mol. The minimum atomic E-state index is 0.849. The molecule has 0 N–H and O–H groups in total. The van der Waals surface area contributed by atoms with Gasteiger partial charge in [-0.25, -0.2) is 0 Å². The highest BCUT2D eigenvalue weighted by Gasteiger charge is 2.22. The quantitative estimate of drug-likeness (QED) is 0.174. The summed E-state index contributed by atoms with van der Waals surface area (Å²) in [5, 5.41) is 0. The average Bonchev–Trinajstić information content (AvgIpc) is 2.89. The van der Waals surface area contributed by atoms with Crippen LogP contribution in [0.1, 0.15) is 135 Å². The zero-order valence-corrected chi connectivity index (χ0v) is 22.7. The van der Waals surface area contributed by atoms with Gasteiger partial charge in [0.25, 0.3) is 0 Å². The van der Waals surface area contributed by atoms with Crippen LogP contribution in [0, 0.1) is 17.8 Å². The van der Waals surface area contributed by atoms with Crippen LogP contribution in [0.25, 0.3) is 0 Å². The molecule has 1 aromatic carbocycles. The van der Waals surface area contributed by atoms with Crippen LogP contribution in [-0.4, -0.2) is 6.61 Å². The SMILES string of the molecule is CCCCCC[C@H]1CC[C@H](CCC2CC=C(CCc3ccc(OCCCCC)cc3)CC2)CC1. The number of unbranched alkanes of at least 4 members (excludes halogenated alkanes) is 5. The number of hydrogen-bond acceptors (Lipinski definition) is 1. The molecule has 1 unspecified atom stereocenters. The van der Waals surface area contributed by atoms with E-state index >= 15 is 0 Å². The van der Waals surface area contributed by atoms with Crippen molar-refractivity contribution in [3.63, 3.8) is 0 Å². The molecule has 0 radical (unpaired) electrons. The lowest BCUT2D eigenvalue weighted by Crippen LogP contribution is -2.16. The second-order valence-corrected chi connectivity index (χ2v) is 11.5. The van der Waals surface area contributed by atoms with Gasteiger partial charge in [0.2, 0.25) is 0 Å². The number of rotatable bonds is 16. The molecule has 0 heterocycles. The predicted octanol–water partition coefficient (Wildman–Crippen LogP) is 10.5. The van der Waals surface area contributed by atoms with Crippen molar-refractivity contribution in [2.24, 2.45) is 17.8 Å². The van der Waals surface area contributed by atoms with E-state index in [-0.39, 0.29) is 0 Å². The molecular weight excluding hydrogens is 412 g/mol. The largest absolute Gasteiger partial charge is 0.494 e. The van der Waals surface area contributed by atoms with Gasteiger partial charge in [0.05, 0.1) is 6.61 Å². The molecule has 1 nitrogen and oxygen atoms in total. The van der Waals surface area contributed by atoms with Gasteiger partial charge >= 0.3 is 0 Å². The zero-order valence-electron chi connectivity index (χ0n) is 22.7. The molecule has 0 amide bonds. The van der Waals surface area contributed by atoms with E-state index in [1.54, 1.807) is 5.57 Å². The Bertz CT molecular complexity index is 664. The van der Waals surface area contributed by atoms with Crippen LogP contribution in [0.5, 0.6) is 5.75 Å². The van der Waals surface area contributed by atoms with E-state index < -0.39 is 0 Å². The van der Waals surface area contributed by atoms with E-state index in [0.717, 1.165) is 36.5 Å². The maximum absolute atomic E-state index is 5.85. The smallest absolute Gasteiger partial charge is 0.119 e. The van der Waals surface area contributed by atoms with Crippen LogP contribution in [0.2, 0.25) is 0 Å². The summed E-state index contributed by atoms with van der Waals surface area (Å²) in [5.41, 5.74) is 3.16. The Kier molecular flexibility index (Phi) is 13.2. The molecule has 3 rings (SSSR count). The van der Waals surface area contributed by atoms with Crippen LogP contribution in [0.3, 0.4) is 0 Å². The molecule has 0 saturated heterocycles. The van der Waals surface area contributed by atoms with Gasteiger partial charge < -0.3 is 4.74 Å². The van der Waals surface area contributed by atoms with Gasteiger partial charge in [0.1, 0.15) is 5.75 Å². The minimum Gasteiger partial charge on any atom is -0.494 e. The Morgan fingerprint density at radius 3 is 2.03 bits per heavy atom. The maximum Gasteiger partial charge on any atom is 0.119 e. The third-order valence-corrected chi connectivity index (χ3v) is 8.70. The third kappa shape index (κ3) is 10.6. The molecule has 1 atom stereocenters. The Morgan fingerprint density at radius 2 is 1.35 bits per heavy atom. The summed E-state index contributed by atoms with van der Waals surface area (Å²) in [4.78, 5) is 0. The monoisotopic (exact) mass is 466 g/mol. The summed E-state index contributed by atoms with van der Waals surface area (Å²) in [5.74, 6) is 4.08. The molecule has 34 heavy (non-hydrogen) atoms. The number of benzene rings is 1. The van der Waals surface area contributed by atoms with E-state index in [1.807, 2.05) is 0 Å². The first-order valence-electron chi connectivity index (χ1n) is 15.2. The van der Waals surface area contributed by atoms with E-state index in [9.17, 15) is 0 Å². The van der Waals surface area contributed by atoms with E-state index in [1.165, 1.54) is 121 Å². The molecule has 0 aromatic heterocycles. The Labute approximate surface area is 212 Å². The van der Waals surface area contributed by atoms with Crippen molar-refractivity contribution in [1.82, 2.24) is 0 Å². The fraction of sp³-hybridized carbons (Fsp3) is 0.758. The van der Waals surface area contributed by atoms with Crippen molar-refractivity contribution in [3.05, 3.63) is 41.5 Å². The molecule has 1 aromatic rings. The molecule has 0 spiro atoms. The summed E-state index contributed by atoms with van der Waals surface area (Å²) < 4.78 is 5.85. The second-order valence-electron chi connectivity index (χ2n) is 11.5. The highest BCUT2D eigenvalue weighted by Crippen LogP contribution is 2.37. The molecule has 1 saturated carbocycles. The van der Waals surface area contributed by atoms with Gasteiger partial charge in [-0.1, -0.05) is 115 Å². The van der Waals surface area contributed by atoms with Gasteiger partial charge in [0, 0.05) is 0 Å². The zero-order chi connectivity index (χ0) is 23.8. The third-order valence-electron chi connectivity index (χ3n) is 8.70. The number of ether oxygens (including phenoxy) is 1. The van der Waals surface area contributed by atoms with Gasteiger partial charge in [0.15, 0.2) is 0 Å². The standard InChI is InChI=1S/C33H54O/c1-3-5-7-8-10-28-11-13-29(14-12-28)15-16-30-17-19-31(20-18-30)21-22-32-23-25-33(26-24-32)34-27-9-6-4-2/h19,23-26,28-30H,3-18,20-22,27H2,1-2H3/t28-,29-,30?. The van der Waals surface area contributed by atoms with E-state index in [2.05, 4.69) is 44.2 Å². The fourth-order valence-electron chi connectivity index (χ4n) is 6.17. The van der Waals surface area contributed by atoms with E-state index in [0.29, 0.717) is 0 Å². The molecule has 0 aliphatic heterocycles. The van der Waals surface area contributed by atoms with Crippen molar-refractivity contribution in [2.75, 3.05) is 6.61 Å². The minimum absolute atomic E-state index is 0.849. The lowest BCUT2D eigenvalue weighted by atomic mass is 9.76. The molecule has 0 bridgehead atoms. The number of allylic oxidation sites excluding steroid dienone is 2. The topological polar surface area (TPSA) is 9.23 Å². The van der Waals surface area contributed by atoms with Crippen molar-refractivity contribution in [1.29, 1.82) is 0 Å². The van der Waals surface area contributed by atoms with E-state index in [4.69, 9.17) is 4.74 Å². The fourth-order valence-corrected chi connectivity index (χ4v) is 6.17. The van der Waals surface area contributed by atoms with Crippen molar-refractivity contribution in [2.45, 2.75) is 136 Å². The van der Waals surface area contributed by atoms with Crippen molar-refractivity contribution in [3.8, 4) is 5.75 Å². The molecule has 1 fully saturated rings. The maximum atomic E-state index is 5.85. The first kappa shape index (κ1) is 27.3. The number of hydrogen-bond donors (Lipinski definition) is 0. The summed E-state index contributed by atoms with van der Waals surface area (Å²) in [7, 11) is 0. The van der Waals surface area contributed by atoms with Crippen LogP contribution in [-0.2, 0) is 6.42 Å². The van der Waals surface area contributed by atoms with Crippen LogP contribution in [0.4, 0.5) is 0 Å². The van der Waals surface area contributed by atoms with Crippen LogP contribution in [0.15, 0.2) is 35.9 Å². The first-order valence-corrected chi connectivity index (χ1v) is 15.2. The second kappa shape index (κ2) is 16.4. The Morgan fingerprint density at radius 1 is 0.676 bits per heavy atom. The normalized spacial score (nSPS) is 23.0. The molecule has 192 valence electrons. The molecular formula is C33H54O. The van der Waals surface area contributed by atoms with Gasteiger partial charge in [-0.2, -0.15) is 0 Å². The number of aryl methyl sites for hydroxylation is 1. The van der Waals surface area contributed by atoms with Gasteiger partial charge in [-0.15, -0.1) is 0 Å². The highest BCUT2D eigenvalue weighted by atomic mass is 16.5. The molecule has 2 aliphatic rings. The summed E-state index contributed by atoms with van der Waals surface area (Å²) >= 11 is 0. The molecule has 2 aliphatic carbocycles. The van der Waals surface area contributed by atoms with Crippen LogP contribution >= 0.6 is 0 Å². The Hall–Kier alpha value is -1.24. The predicted molar refractivity (Wildman–Crippen MR) is 149 cm³/mol. The summed E-state index contributed by atoms with van der Waals surface area (Å²) in [6.07, 6.45) is 29.2. The van der Waals surface area contributed by atoms with Gasteiger partial charge in [-0.05, 0) is 80.4 Å².